The second kappa shape index (κ2) is 4.53. The molecule has 1 aromatic carbocycles. The zero-order valence-electron chi connectivity index (χ0n) is 10.5. The fraction of sp³-hybridized carbons (Fsp3) is 0.333. The van der Waals surface area contributed by atoms with Crippen molar-refractivity contribution in [1.29, 1.82) is 0 Å². The van der Waals surface area contributed by atoms with E-state index in [0.717, 1.165) is 11.1 Å². The highest BCUT2D eigenvalue weighted by atomic mass is 16.4. The molecule has 0 aromatic heterocycles. The van der Waals surface area contributed by atoms with Crippen molar-refractivity contribution in [2.24, 2.45) is 0 Å². The summed E-state index contributed by atoms with van der Waals surface area (Å²) in [5.74, 6) is -1.000. The smallest absolute Gasteiger partial charge is 0.326 e. The van der Waals surface area contributed by atoms with Crippen molar-refractivity contribution in [2.75, 3.05) is 0 Å². The van der Waals surface area contributed by atoms with E-state index < -0.39 is 12.0 Å². The normalized spacial score (nSPS) is 25.5. The molecule has 2 aliphatic heterocycles. The van der Waals surface area contributed by atoms with E-state index in [2.05, 4.69) is 0 Å². The van der Waals surface area contributed by atoms with Crippen LogP contribution in [0.1, 0.15) is 30.0 Å². The predicted octanol–water partition coefficient (Wildman–Crippen LogP) is 1.92. The summed E-state index contributed by atoms with van der Waals surface area (Å²) in [5, 5.41) is 9.31. The number of carboxylic acids is 1. The third kappa shape index (κ3) is 1.93. The molecule has 0 radical (unpaired) electrons. The van der Waals surface area contributed by atoms with Gasteiger partial charge in [-0.1, -0.05) is 36.4 Å². The molecule has 2 aliphatic rings. The van der Waals surface area contributed by atoms with Crippen molar-refractivity contribution in [1.82, 2.24) is 4.90 Å². The molecule has 0 bridgehead atoms. The summed E-state index contributed by atoms with van der Waals surface area (Å²) in [6.45, 7) is 0. The van der Waals surface area contributed by atoms with Crippen LogP contribution < -0.4 is 0 Å². The number of nitrogens with zero attached hydrogens (tertiary/aromatic N) is 1. The third-order valence-electron chi connectivity index (χ3n) is 3.87. The van der Waals surface area contributed by atoms with Gasteiger partial charge in [-0.05, 0) is 24.0 Å². The second-order valence-corrected chi connectivity index (χ2v) is 4.96. The lowest BCUT2D eigenvalue weighted by atomic mass is 9.94. The van der Waals surface area contributed by atoms with Crippen LogP contribution in [0.25, 0.3) is 0 Å². The molecule has 1 N–H and O–H groups in total. The first kappa shape index (κ1) is 12.0. The molecule has 2 atom stereocenters. The van der Waals surface area contributed by atoms with Gasteiger partial charge in [0.25, 0.3) is 0 Å². The van der Waals surface area contributed by atoms with Gasteiger partial charge in [-0.2, -0.15) is 0 Å². The molecule has 0 spiro atoms. The van der Waals surface area contributed by atoms with Gasteiger partial charge in [-0.25, -0.2) is 4.79 Å². The highest BCUT2D eigenvalue weighted by molar-refractivity contribution is 5.85. The van der Waals surface area contributed by atoms with Gasteiger partial charge in [0.2, 0.25) is 5.91 Å². The largest absolute Gasteiger partial charge is 0.480 e. The van der Waals surface area contributed by atoms with Crippen LogP contribution in [0, 0.1) is 0 Å². The molecule has 0 aliphatic carbocycles. The molecule has 1 aromatic rings. The fourth-order valence-corrected chi connectivity index (χ4v) is 2.96. The SMILES string of the molecule is O=C(O)C1CC=CC2c3ccccc3CCC(=O)N12. The minimum Gasteiger partial charge on any atom is -0.480 e. The minimum absolute atomic E-state index is 0.0713. The standard InChI is InChI=1S/C15H15NO3/c17-14-9-8-10-4-1-2-5-11(10)12-6-3-7-13(15(18)19)16(12)14/h1-6,12-13H,7-9H2,(H,18,19). The van der Waals surface area contributed by atoms with Gasteiger partial charge in [0.05, 0.1) is 6.04 Å². The van der Waals surface area contributed by atoms with E-state index in [1.165, 1.54) is 4.90 Å². The Morgan fingerprint density at radius 2 is 2.05 bits per heavy atom. The number of rotatable bonds is 1. The Kier molecular flexibility index (Phi) is 2.85. The number of hydrogen-bond donors (Lipinski definition) is 1. The second-order valence-electron chi connectivity index (χ2n) is 4.96. The lowest BCUT2D eigenvalue weighted by molar-refractivity contribution is -0.151. The van der Waals surface area contributed by atoms with Gasteiger partial charge in [0.1, 0.15) is 6.04 Å². The number of hydrogen-bond acceptors (Lipinski definition) is 2. The van der Waals surface area contributed by atoms with Gasteiger partial charge in [0.15, 0.2) is 0 Å². The average molecular weight is 257 g/mol. The van der Waals surface area contributed by atoms with E-state index in [9.17, 15) is 14.7 Å². The van der Waals surface area contributed by atoms with E-state index in [0.29, 0.717) is 19.3 Å². The molecule has 98 valence electrons. The summed E-state index contributed by atoms with van der Waals surface area (Å²) in [5.41, 5.74) is 2.19. The lowest BCUT2D eigenvalue weighted by Crippen LogP contribution is -2.47. The van der Waals surface area contributed by atoms with Crippen molar-refractivity contribution < 1.29 is 14.7 Å². The first-order chi connectivity index (χ1) is 9.18. The van der Waals surface area contributed by atoms with Crippen LogP contribution in [0.5, 0.6) is 0 Å². The monoisotopic (exact) mass is 257 g/mol. The number of aliphatic carboxylic acids is 1. The summed E-state index contributed by atoms with van der Waals surface area (Å²) in [6.07, 6.45) is 5.27. The highest BCUT2D eigenvalue weighted by Crippen LogP contribution is 2.35. The minimum atomic E-state index is -0.929. The molecule has 2 unspecified atom stereocenters. The van der Waals surface area contributed by atoms with Gasteiger partial charge in [-0.3, -0.25) is 4.79 Å². The Morgan fingerprint density at radius 1 is 1.26 bits per heavy atom. The molecule has 3 rings (SSSR count). The Balaban J connectivity index is 2.11. The molecule has 19 heavy (non-hydrogen) atoms. The molecule has 0 saturated carbocycles. The van der Waals surface area contributed by atoms with Crippen LogP contribution in [0.4, 0.5) is 0 Å². The Morgan fingerprint density at radius 3 is 2.84 bits per heavy atom. The Labute approximate surface area is 111 Å². The van der Waals surface area contributed by atoms with Crippen LogP contribution in [-0.4, -0.2) is 27.9 Å². The van der Waals surface area contributed by atoms with E-state index in [1.54, 1.807) is 0 Å². The van der Waals surface area contributed by atoms with Crippen molar-refractivity contribution >= 4 is 11.9 Å². The number of aryl methyl sites for hydroxylation is 1. The topological polar surface area (TPSA) is 57.6 Å². The van der Waals surface area contributed by atoms with Crippen LogP contribution in [0.15, 0.2) is 36.4 Å². The van der Waals surface area contributed by atoms with Crippen molar-refractivity contribution in [3.8, 4) is 0 Å². The van der Waals surface area contributed by atoms with Crippen LogP contribution >= 0.6 is 0 Å². The number of benzene rings is 1. The summed E-state index contributed by atoms with van der Waals surface area (Å²) in [6, 6.07) is 6.92. The maximum atomic E-state index is 12.3. The molecule has 2 heterocycles. The summed E-state index contributed by atoms with van der Waals surface area (Å²) >= 11 is 0. The molecule has 4 heteroatoms. The van der Waals surface area contributed by atoms with E-state index in [1.807, 2.05) is 36.4 Å². The zero-order valence-corrected chi connectivity index (χ0v) is 10.5. The number of fused-ring (bicyclic) bond motifs is 3. The van der Waals surface area contributed by atoms with Crippen molar-refractivity contribution in [2.45, 2.75) is 31.3 Å². The molecular weight excluding hydrogens is 242 g/mol. The van der Waals surface area contributed by atoms with Crippen LogP contribution in [0.2, 0.25) is 0 Å². The highest BCUT2D eigenvalue weighted by Gasteiger charge is 2.38. The summed E-state index contributed by atoms with van der Waals surface area (Å²) in [7, 11) is 0. The van der Waals surface area contributed by atoms with Gasteiger partial charge in [-0.15, -0.1) is 0 Å². The van der Waals surface area contributed by atoms with Gasteiger partial charge < -0.3 is 10.0 Å². The average Bonchev–Trinajstić information content (AvgIpc) is 2.57. The first-order valence-electron chi connectivity index (χ1n) is 6.47. The van der Waals surface area contributed by atoms with E-state index in [-0.39, 0.29) is 11.9 Å². The van der Waals surface area contributed by atoms with E-state index in [4.69, 9.17) is 0 Å². The predicted molar refractivity (Wildman–Crippen MR) is 69.5 cm³/mol. The third-order valence-corrected chi connectivity index (χ3v) is 3.87. The molecule has 4 nitrogen and oxygen atoms in total. The molecular formula is C15H15NO3. The molecule has 0 saturated heterocycles. The summed E-state index contributed by atoms with van der Waals surface area (Å²) in [4.78, 5) is 25.1. The number of carboxylic acid groups (broad SMARTS) is 1. The maximum Gasteiger partial charge on any atom is 0.326 e. The number of carbonyl (C=O) groups excluding carboxylic acids is 1. The first-order valence-corrected chi connectivity index (χ1v) is 6.47. The van der Waals surface area contributed by atoms with Crippen LogP contribution in [-0.2, 0) is 16.0 Å². The van der Waals surface area contributed by atoms with Gasteiger partial charge in [0, 0.05) is 6.42 Å². The fourth-order valence-electron chi connectivity index (χ4n) is 2.96. The Hall–Kier alpha value is -2.10. The molecule has 1 amide bonds. The van der Waals surface area contributed by atoms with Crippen LogP contribution in [0.3, 0.4) is 0 Å². The quantitative estimate of drug-likeness (QED) is 0.782. The lowest BCUT2D eigenvalue weighted by Gasteiger charge is -2.36. The Bertz CT molecular complexity index is 564. The van der Waals surface area contributed by atoms with Gasteiger partial charge >= 0.3 is 5.97 Å². The van der Waals surface area contributed by atoms with E-state index >= 15 is 0 Å². The zero-order chi connectivity index (χ0) is 13.4. The number of carbonyl (C=O) groups is 2. The maximum absolute atomic E-state index is 12.3. The number of amides is 1. The van der Waals surface area contributed by atoms with Crippen molar-refractivity contribution in [3.63, 3.8) is 0 Å². The summed E-state index contributed by atoms with van der Waals surface area (Å²) < 4.78 is 0. The van der Waals surface area contributed by atoms with Crippen molar-refractivity contribution in [3.05, 3.63) is 47.5 Å². The molecule has 0 fully saturated rings.